The fraction of sp³-hybridized carbons (Fsp3) is 0.783. The van der Waals surface area contributed by atoms with Gasteiger partial charge in [0, 0.05) is 6.54 Å². The molecule has 0 spiro atoms. The Bertz CT molecular complexity index is 736. The Morgan fingerprint density at radius 1 is 0.800 bits per heavy atom. The van der Waals surface area contributed by atoms with E-state index in [0.717, 1.165) is 0 Å². The Hall–Kier alpha value is -2.89. The summed E-state index contributed by atoms with van der Waals surface area (Å²) in [6.45, 7) is 11.3. The van der Waals surface area contributed by atoms with E-state index in [-0.39, 0.29) is 30.1 Å². The molecule has 4 unspecified atom stereocenters. The number of carboxylic acid groups (broad SMARTS) is 1. The zero-order valence-corrected chi connectivity index (χ0v) is 21.8. The average molecular weight is 500 g/mol. The average Bonchev–Trinajstić information content (AvgIpc) is 2.72. The van der Waals surface area contributed by atoms with Crippen LogP contribution >= 0.6 is 0 Å². The number of amides is 3. The number of aliphatic imine (C=N–C) groups is 1. The Kier molecular flexibility index (Phi) is 14.6. The first-order chi connectivity index (χ1) is 16.1. The molecule has 0 aromatic heterocycles. The maximum Gasteiger partial charge on any atom is 0.326 e. The molecule has 0 aromatic rings. The van der Waals surface area contributed by atoms with Crippen LogP contribution in [0.15, 0.2) is 4.99 Å². The predicted octanol–water partition coefficient (Wildman–Crippen LogP) is -0.345. The fourth-order valence-corrected chi connectivity index (χ4v) is 3.38. The lowest BCUT2D eigenvalue weighted by Crippen LogP contribution is -2.58. The van der Waals surface area contributed by atoms with Crippen LogP contribution in [0.25, 0.3) is 0 Å². The maximum absolute atomic E-state index is 13.1. The lowest BCUT2D eigenvalue weighted by atomic mass is 9.98. The van der Waals surface area contributed by atoms with Crippen LogP contribution in [0, 0.1) is 17.8 Å². The van der Waals surface area contributed by atoms with E-state index in [1.165, 1.54) is 0 Å². The standard InChI is InChI=1S/C23H45N7O5/c1-12(2)10-16(20(32)29-17(22(34)35)11-13(3)4)28-21(33)18(14(5)6)30-19(31)15(24)8-7-9-27-23(25)26/h12-18H,7-11,24H2,1-6H3,(H,28,33)(H,29,32)(H,30,31)(H,34,35)(H4,25,26,27). The molecule has 35 heavy (non-hydrogen) atoms. The topological polar surface area (TPSA) is 215 Å². The van der Waals surface area contributed by atoms with E-state index < -0.39 is 47.9 Å². The van der Waals surface area contributed by atoms with Gasteiger partial charge in [-0.05, 0) is 43.4 Å². The van der Waals surface area contributed by atoms with Gasteiger partial charge in [0.2, 0.25) is 17.7 Å². The number of guanidine groups is 1. The van der Waals surface area contributed by atoms with Crippen LogP contribution in [0.4, 0.5) is 0 Å². The monoisotopic (exact) mass is 499 g/mol. The van der Waals surface area contributed by atoms with Crippen molar-refractivity contribution in [2.24, 2.45) is 39.9 Å². The number of nitrogens with one attached hydrogen (secondary N) is 3. The molecule has 0 aromatic carbocycles. The molecule has 4 atom stereocenters. The SMILES string of the molecule is CC(C)CC(NC(=O)C(CC(C)C)NC(=O)C(NC(=O)C(N)CCCN=C(N)N)C(C)C)C(=O)O. The summed E-state index contributed by atoms with van der Waals surface area (Å²) in [5, 5.41) is 17.3. The molecule has 0 aliphatic carbocycles. The lowest BCUT2D eigenvalue weighted by molar-refractivity contribution is -0.143. The van der Waals surface area contributed by atoms with Gasteiger partial charge in [-0.1, -0.05) is 41.5 Å². The highest BCUT2D eigenvalue weighted by atomic mass is 16.4. The van der Waals surface area contributed by atoms with Crippen LogP contribution in [0.3, 0.4) is 0 Å². The molecule has 0 saturated carbocycles. The largest absolute Gasteiger partial charge is 0.480 e. The summed E-state index contributed by atoms with van der Waals surface area (Å²) in [6.07, 6.45) is 1.37. The molecule has 0 rings (SSSR count). The van der Waals surface area contributed by atoms with Gasteiger partial charge in [0.05, 0.1) is 6.04 Å². The van der Waals surface area contributed by atoms with Crippen molar-refractivity contribution in [2.45, 2.75) is 91.4 Å². The molecule has 12 nitrogen and oxygen atoms in total. The van der Waals surface area contributed by atoms with Crippen LogP contribution in [0.2, 0.25) is 0 Å². The van der Waals surface area contributed by atoms with E-state index in [2.05, 4.69) is 20.9 Å². The predicted molar refractivity (Wildman–Crippen MR) is 135 cm³/mol. The summed E-state index contributed by atoms with van der Waals surface area (Å²) >= 11 is 0. The van der Waals surface area contributed by atoms with Gasteiger partial charge in [0.25, 0.3) is 0 Å². The van der Waals surface area contributed by atoms with Gasteiger partial charge in [0.15, 0.2) is 5.96 Å². The van der Waals surface area contributed by atoms with E-state index in [1.54, 1.807) is 13.8 Å². The minimum atomic E-state index is -1.14. The molecule has 0 heterocycles. The molecule has 0 aliphatic heterocycles. The minimum Gasteiger partial charge on any atom is -0.480 e. The van der Waals surface area contributed by atoms with E-state index in [0.29, 0.717) is 25.8 Å². The van der Waals surface area contributed by atoms with Gasteiger partial charge in [0.1, 0.15) is 18.1 Å². The second kappa shape index (κ2) is 15.9. The van der Waals surface area contributed by atoms with E-state index >= 15 is 0 Å². The summed E-state index contributed by atoms with van der Waals surface area (Å²) in [7, 11) is 0. The first-order valence-corrected chi connectivity index (χ1v) is 12.1. The molecule has 0 fully saturated rings. The number of carbonyl (C=O) groups excluding carboxylic acids is 3. The number of carboxylic acids is 1. The second-order valence-electron chi connectivity index (χ2n) is 10.0. The Morgan fingerprint density at radius 2 is 1.31 bits per heavy atom. The third-order valence-electron chi connectivity index (χ3n) is 5.21. The van der Waals surface area contributed by atoms with Gasteiger partial charge in [-0.2, -0.15) is 0 Å². The Labute approximate surface area is 208 Å². The number of carbonyl (C=O) groups is 4. The first kappa shape index (κ1) is 32.1. The molecular weight excluding hydrogens is 454 g/mol. The summed E-state index contributed by atoms with van der Waals surface area (Å²) < 4.78 is 0. The number of nitrogens with zero attached hydrogens (tertiary/aromatic N) is 1. The van der Waals surface area contributed by atoms with Crippen molar-refractivity contribution < 1.29 is 24.3 Å². The van der Waals surface area contributed by atoms with Crippen molar-refractivity contribution in [3.05, 3.63) is 0 Å². The van der Waals surface area contributed by atoms with Crippen LogP contribution in [-0.2, 0) is 19.2 Å². The summed E-state index contributed by atoms with van der Waals surface area (Å²) in [6, 6.07) is -3.81. The van der Waals surface area contributed by atoms with E-state index in [1.807, 2.05) is 27.7 Å². The van der Waals surface area contributed by atoms with Crippen molar-refractivity contribution in [2.75, 3.05) is 6.54 Å². The second-order valence-corrected chi connectivity index (χ2v) is 10.0. The normalized spacial score (nSPS) is 14.7. The Morgan fingerprint density at radius 3 is 1.77 bits per heavy atom. The molecule has 0 bridgehead atoms. The van der Waals surface area contributed by atoms with E-state index in [9.17, 15) is 24.3 Å². The number of aliphatic carboxylic acids is 1. The molecule has 3 amide bonds. The molecule has 0 saturated heterocycles. The third-order valence-corrected chi connectivity index (χ3v) is 5.21. The highest BCUT2D eigenvalue weighted by Gasteiger charge is 2.32. The number of rotatable bonds is 16. The zero-order chi connectivity index (χ0) is 27.3. The van der Waals surface area contributed by atoms with Crippen molar-refractivity contribution in [3.63, 3.8) is 0 Å². The van der Waals surface area contributed by atoms with Gasteiger partial charge < -0.3 is 38.3 Å². The number of hydrogen-bond acceptors (Lipinski definition) is 6. The smallest absolute Gasteiger partial charge is 0.326 e. The van der Waals surface area contributed by atoms with Gasteiger partial charge >= 0.3 is 5.97 Å². The van der Waals surface area contributed by atoms with Crippen molar-refractivity contribution in [1.29, 1.82) is 0 Å². The molecule has 10 N–H and O–H groups in total. The van der Waals surface area contributed by atoms with E-state index in [4.69, 9.17) is 17.2 Å². The van der Waals surface area contributed by atoms with Crippen LogP contribution in [0.5, 0.6) is 0 Å². The quantitative estimate of drug-likeness (QED) is 0.0844. The summed E-state index contributed by atoms with van der Waals surface area (Å²) in [5.41, 5.74) is 16.5. The molecule has 12 heteroatoms. The van der Waals surface area contributed by atoms with Crippen molar-refractivity contribution in [3.8, 4) is 0 Å². The molecule has 0 aliphatic rings. The fourth-order valence-electron chi connectivity index (χ4n) is 3.38. The highest BCUT2D eigenvalue weighted by molar-refractivity contribution is 5.94. The molecule has 0 radical (unpaired) electrons. The lowest BCUT2D eigenvalue weighted by Gasteiger charge is -2.28. The summed E-state index contributed by atoms with van der Waals surface area (Å²) in [5.74, 6) is -2.99. The van der Waals surface area contributed by atoms with Gasteiger partial charge in [-0.15, -0.1) is 0 Å². The van der Waals surface area contributed by atoms with Crippen LogP contribution < -0.4 is 33.2 Å². The zero-order valence-electron chi connectivity index (χ0n) is 21.8. The maximum atomic E-state index is 13.1. The van der Waals surface area contributed by atoms with Gasteiger partial charge in [-0.3, -0.25) is 19.4 Å². The summed E-state index contributed by atoms with van der Waals surface area (Å²) in [4.78, 5) is 53.9. The van der Waals surface area contributed by atoms with Crippen LogP contribution in [0.1, 0.15) is 67.2 Å². The molecule has 202 valence electrons. The van der Waals surface area contributed by atoms with Crippen molar-refractivity contribution >= 4 is 29.7 Å². The van der Waals surface area contributed by atoms with Gasteiger partial charge in [-0.25, -0.2) is 4.79 Å². The van der Waals surface area contributed by atoms with Crippen molar-refractivity contribution in [1.82, 2.24) is 16.0 Å². The highest BCUT2D eigenvalue weighted by Crippen LogP contribution is 2.11. The first-order valence-electron chi connectivity index (χ1n) is 12.1. The Balaban J connectivity index is 5.32. The number of nitrogens with two attached hydrogens (primary N) is 3. The third kappa shape index (κ3) is 13.5. The molecular formula is C23H45N7O5. The minimum absolute atomic E-state index is 0.0431. The number of hydrogen-bond donors (Lipinski definition) is 7. The van der Waals surface area contributed by atoms with Crippen LogP contribution in [-0.4, -0.2) is 65.5 Å².